The van der Waals surface area contributed by atoms with Gasteiger partial charge in [0.25, 0.3) is 0 Å². The van der Waals surface area contributed by atoms with Crippen LogP contribution in [0.5, 0.6) is 0 Å². The van der Waals surface area contributed by atoms with Gasteiger partial charge in [-0.15, -0.1) is 6.58 Å². The minimum atomic E-state index is 0.731. The van der Waals surface area contributed by atoms with Crippen LogP contribution in [0, 0.1) is 4.77 Å². The third kappa shape index (κ3) is 1.55. The van der Waals surface area contributed by atoms with Gasteiger partial charge in [0.1, 0.15) is 0 Å². The molecule has 0 amide bonds. The standard InChI is InChI=1S/C10H9BrN2S/c1-2-5-13-9-6-7(11)3-4-8(9)12-10(13)14/h2-4,6H,1,5H2,(H,12,14). The summed E-state index contributed by atoms with van der Waals surface area (Å²) in [5.41, 5.74) is 2.16. The molecule has 0 bridgehead atoms. The molecule has 1 aromatic heterocycles. The van der Waals surface area contributed by atoms with Gasteiger partial charge in [-0.1, -0.05) is 22.0 Å². The molecule has 0 atom stereocenters. The van der Waals surface area contributed by atoms with Crippen LogP contribution < -0.4 is 0 Å². The molecule has 2 nitrogen and oxygen atoms in total. The molecule has 14 heavy (non-hydrogen) atoms. The Morgan fingerprint density at radius 3 is 3.07 bits per heavy atom. The molecule has 0 saturated carbocycles. The molecule has 0 aliphatic heterocycles. The molecule has 0 radical (unpaired) electrons. The van der Waals surface area contributed by atoms with Crippen molar-refractivity contribution in [2.45, 2.75) is 6.54 Å². The Balaban J connectivity index is 2.79. The average molecular weight is 269 g/mol. The number of H-pyrrole nitrogens is 1. The van der Waals surface area contributed by atoms with Crippen LogP contribution >= 0.6 is 28.1 Å². The SMILES string of the molecule is C=CCn1c(=S)[nH]c2ccc(Br)cc21. The zero-order chi connectivity index (χ0) is 10.1. The first-order chi connectivity index (χ1) is 6.72. The Labute approximate surface area is 95.4 Å². The lowest BCUT2D eigenvalue weighted by atomic mass is 10.3. The van der Waals surface area contributed by atoms with E-state index < -0.39 is 0 Å². The molecule has 72 valence electrons. The lowest BCUT2D eigenvalue weighted by Gasteiger charge is -1.99. The lowest BCUT2D eigenvalue weighted by Crippen LogP contribution is -1.93. The Hall–Kier alpha value is -0.870. The second-order valence-electron chi connectivity index (χ2n) is 2.99. The average Bonchev–Trinajstić information content (AvgIpc) is 2.45. The van der Waals surface area contributed by atoms with E-state index in [1.54, 1.807) is 0 Å². The quantitative estimate of drug-likeness (QED) is 0.652. The summed E-state index contributed by atoms with van der Waals surface area (Å²) in [6, 6.07) is 6.05. The molecule has 0 aliphatic rings. The van der Waals surface area contributed by atoms with Crippen LogP contribution in [0.2, 0.25) is 0 Å². The van der Waals surface area contributed by atoms with Crippen molar-refractivity contribution in [3.05, 3.63) is 40.1 Å². The fourth-order valence-electron chi connectivity index (χ4n) is 1.44. The molecule has 1 aromatic carbocycles. The van der Waals surface area contributed by atoms with E-state index in [0.29, 0.717) is 0 Å². The van der Waals surface area contributed by atoms with E-state index in [9.17, 15) is 0 Å². The van der Waals surface area contributed by atoms with Crippen molar-refractivity contribution >= 4 is 39.2 Å². The maximum Gasteiger partial charge on any atom is 0.178 e. The first kappa shape index (κ1) is 9.68. The number of halogens is 1. The topological polar surface area (TPSA) is 20.7 Å². The molecule has 1 heterocycles. The van der Waals surface area contributed by atoms with Gasteiger partial charge >= 0.3 is 0 Å². The highest BCUT2D eigenvalue weighted by molar-refractivity contribution is 9.10. The Kier molecular flexibility index (Phi) is 2.56. The number of hydrogen-bond donors (Lipinski definition) is 1. The number of rotatable bonds is 2. The minimum Gasteiger partial charge on any atom is -0.331 e. The smallest absolute Gasteiger partial charge is 0.178 e. The van der Waals surface area contributed by atoms with E-state index in [1.807, 2.05) is 28.8 Å². The van der Waals surface area contributed by atoms with E-state index in [4.69, 9.17) is 12.2 Å². The second-order valence-corrected chi connectivity index (χ2v) is 4.29. The molecule has 4 heteroatoms. The van der Waals surface area contributed by atoms with Gasteiger partial charge < -0.3 is 9.55 Å². The van der Waals surface area contributed by atoms with Crippen molar-refractivity contribution in [1.82, 2.24) is 9.55 Å². The van der Waals surface area contributed by atoms with Crippen molar-refractivity contribution in [3.63, 3.8) is 0 Å². The molecule has 2 rings (SSSR count). The summed E-state index contributed by atoms with van der Waals surface area (Å²) >= 11 is 8.65. The highest BCUT2D eigenvalue weighted by Crippen LogP contribution is 2.19. The highest BCUT2D eigenvalue weighted by Gasteiger charge is 2.02. The maximum absolute atomic E-state index is 5.21. The summed E-state index contributed by atoms with van der Waals surface area (Å²) in [6.07, 6.45) is 1.84. The number of fused-ring (bicyclic) bond motifs is 1. The second kappa shape index (κ2) is 3.71. The van der Waals surface area contributed by atoms with Gasteiger partial charge in [0, 0.05) is 11.0 Å². The number of allylic oxidation sites excluding steroid dienone is 1. The van der Waals surface area contributed by atoms with Crippen molar-refractivity contribution in [3.8, 4) is 0 Å². The molecular formula is C10H9BrN2S. The van der Waals surface area contributed by atoms with Crippen molar-refractivity contribution in [1.29, 1.82) is 0 Å². The van der Waals surface area contributed by atoms with Gasteiger partial charge in [0.2, 0.25) is 0 Å². The van der Waals surface area contributed by atoms with Crippen LogP contribution in [0.4, 0.5) is 0 Å². The third-order valence-corrected chi connectivity index (χ3v) is 2.86. The monoisotopic (exact) mass is 268 g/mol. The molecule has 0 saturated heterocycles. The van der Waals surface area contributed by atoms with E-state index >= 15 is 0 Å². The summed E-state index contributed by atoms with van der Waals surface area (Å²) in [5, 5.41) is 0. The maximum atomic E-state index is 5.21. The van der Waals surface area contributed by atoms with Gasteiger partial charge in [-0.2, -0.15) is 0 Å². The molecular weight excluding hydrogens is 260 g/mol. The molecule has 0 aliphatic carbocycles. The molecule has 0 unspecified atom stereocenters. The normalized spacial score (nSPS) is 10.6. The predicted octanol–water partition coefficient (Wildman–Crippen LogP) is 3.65. The van der Waals surface area contributed by atoms with Crippen LogP contribution in [0.1, 0.15) is 0 Å². The highest BCUT2D eigenvalue weighted by atomic mass is 79.9. The predicted molar refractivity (Wildman–Crippen MR) is 65.0 cm³/mol. The van der Waals surface area contributed by atoms with E-state index in [-0.39, 0.29) is 0 Å². The number of aromatic nitrogens is 2. The van der Waals surface area contributed by atoms with E-state index in [0.717, 1.165) is 26.8 Å². The van der Waals surface area contributed by atoms with Gasteiger partial charge in [-0.25, -0.2) is 0 Å². The van der Waals surface area contributed by atoms with Crippen LogP contribution in [-0.4, -0.2) is 9.55 Å². The van der Waals surface area contributed by atoms with Gasteiger partial charge in [-0.05, 0) is 30.4 Å². The molecule has 0 spiro atoms. The van der Waals surface area contributed by atoms with Gasteiger partial charge in [0.15, 0.2) is 4.77 Å². The van der Waals surface area contributed by atoms with Gasteiger partial charge in [-0.3, -0.25) is 0 Å². The Bertz CT molecular complexity index is 539. The summed E-state index contributed by atoms with van der Waals surface area (Å²) < 4.78 is 3.80. The Morgan fingerprint density at radius 1 is 1.57 bits per heavy atom. The zero-order valence-corrected chi connectivity index (χ0v) is 9.86. The lowest BCUT2D eigenvalue weighted by molar-refractivity contribution is 0.835. The summed E-state index contributed by atoms with van der Waals surface area (Å²) in [6.45, 7) is 4.44. The van der Waals surface area contributed by atoms with E-state index in [1.165, 1.54) is 0 Å². The van der Waals surface area contributed by atoms with Crippen molar-refractivity contribution in [2.75, 3.05) is 0 Å². The number of nitrogens with zero attached hydrogens (tertiary/aromatic N) is 1. The zero-order valence-electron chi connectivity index (χ0n) is 7.46. The van der Waals surface area contributed by atoms with Crippen molar-refractivity contribution in [2.24, 2.45) is 0 Å². The third-order valence-electron chi connectivity index (χ3n) is 2.05. The minimum absolute atomic E-state index is 0.731. The fraction of sp³-hybridized carbons (Fsp3) is 0.100. The first-order valence-corrected chi connectivity index (χ1v) is 5.41. The summed E-state index contributed by atoms with van der Waals surface area (Å²) in [4.78, 5) is 3.15. The summed E-state index contributed by atoms with van der Waals surface area (Å²) in [7, 11) is 0. The Morgan fingerprint density at radius 2 is 2.36 bits per heavy atom. The van der Waals surface area contributed by atoms with Crippen LogP contribution in [0.25, 0.3) is 11.0 Å². The number of imidazole rings is 1. The van der Waals surface area contributed by atoms with Gasteiger partial charge in [0.05, 0.1) is 11.0 Å². The van der Waals surface area contributed by atoms with E-state index in [2.05, 4.69) is 27.5 Å². The van der Waals surface area contributed by atoms with Crippen LogP contribution in [-0.2, 0) is 6.54 Å². The van der Waals surface area contributed by atoms with Crippen LogP contribution in [0.15, 0.2) is 35.3 Å². The summed E-state index contributed by atoms with van der Waals surface area (Å²) in [5.74, 6) is 0. The number of hydrogen-bond acceptors (Lipinski definition) is 1. The first-order valence-electron chi connectivity index (χ1n) is 4.21. The number of benzene rings is 1. The molecule has 1 N–H and O–H groups in total. The molecule has 0 fully saturated rings. The largest absolute Gasteiger partial charge is 0.331 e. The number of aromatic amines is 1. The number of nitrogens with one attached hydrogen (secondary N) is 1. The molecule has 2 aromatic rings. The van der Waals surface area contributed by atoms with Crippen LogP contribution in [0.3, 0.4) is 0 Å². The fourth-order valence-corrected chi connectivity index (χ4v) is 2.07. The van der Waals surface area contributed by atoms with Crippen molar-refractivity contribution < 1.29 is 0 Å².